The lowest BCUT2D eigenvalue weighted by Crippen LogP contribution is -2.52. The molecule has 1 aromatic rings. The molecule has 0 unspecified atom stereocenters. The van der Waals surface area contributed by atoms with Crippen molar-refractivity contribution in [2.45, 2.75) is 72.4 Å². The molecule has 4 heteroatoms. The summed E-state index contributed by atoms with van der Waals surface area (Å²) in [5.74, 6) is 0.139. The van der Waals surface area contributed by atoms with Crippen LogP contribution in [0, 0.1) is 5.41 Å². The van der Waals surface area contributed by atoms with Gasteiger partial charge in [-0.1, -0.05) is 27.7 Å². The molecule has 1 rings (SSSR count). The molecule has 0 aromatic carbocycles. The lowest BCUT2D eigenvalue weighted by molar-refractivity contribution is -0.129. The maximum absolute atomic E-state index is 12.5. The Balaban J connectivity index is 2.82. The van der Waals surface area contributed by atoms with Crippen LogP contribution in [0.1, 0.15) is 66.1 Å². The van der Waals surface area contributed by atoms with Crippen LogP contribution in [0.15, 0.2) is 12.3 Å². The Hall–Kier alpha value is -1.16. The van der Waals surface area contributed by atoms with Crippen molar-refractivity contribution in [1.82, 2.24) is 9.78 Å². The van der Waals surface area contributed by atoms with Gasteiger partial charge in [-0.2, -0.15) is 5.10 Å². The van der Waals surface area contributed by atoms with E-state index in [1.165, 1.54) is 0 Å². The van der Waals surface area contributed by atoms with Crippen molar-refractivity contribution in [3.05, 3.63) is 18.0 Å². The largest absolute Gasteiger partial charge is 0.325 e. The van der Waals surface area contributed by atoms with E-state index in [1.54, 1.807) is 0 Å². The summed E-state index contributed by atoms with van der Waals surface area (Å²) < 4.78 is 1.98. The maximum atomic E-state index is 12.5. The van der Waals surface area contributed by atoms with Gasteiger partial charge in [0.05, 0.1) is 18.2 Å². The first-order valence-electron chi connectivity index (χ1n) is 7.49. The fourth-order valence-corrected chi connectivity index (χ4v) is 2.08. The minimum atomic E-state index is -0.564. The van der Waals surface area contributed by atoms with Crippen molar-refractivity contribution in [3.63, 3.8) is 0 Å². The molecule has 0 saturated heterocycles. The summed E-state index contributed by atoms with van der Waals surface area (Å²) in [6.07, 6.45) is 4.42. The summed E-state index contributed by atoms with van der Waals surface area (Å²) in [5, 5.41) is 4.54. The zero-order valence-corrected chi connectivity index (χ0v) is 13.7. The SMILES string of the molecule is CCC(CC)n1ccc(CC(=O)C(C)(C)C(C)(C)N)n1. The zero-order valence-electron chi connectivity index (χ0n) is 13.7. The molecular weight excluding hydrogens is 250 g/mol. The molecule has 1 heterocycles. The van der Waals surface area contributed by atoms with E-state index in [1.807, 2.05) is 44.6 Å². The summed E-state index contributed by atoms with van der Waals surface area (Å²) in [7, 11) is 0. The van der Waals surface area contributed by atoms with Crippen LogP contribution in [-0.2, 0) is 11.2 Å². The molecule has 0 spiro atoms. The van der Waals surface area contributed by atoms with Gasteiger partial charge in [-0.25, -0.2) is 0 Å². The van der Waals surface area contributed by atoms with E-state index in [9.17, 15) is 4.79 Å². The summed E-state index contributed by atoms with van der Waals surface area (Å²) >= 11 is 0. The van der Waals surface area contributed by atoms with Crippen molar-refractivity contribution in [3.8, 4) is 0 Å². The van der Waals surface area contributed by atoms with Crippen LogP contribution in [0.5, 0.6) is 0 Å². The second-order valence-corrected chi connectivity index (χ2v) is 6.70. The molecule has 0 aliphatic carbocycles. The molecule has 2 N–H and O–H groups in total. The van der Waals surface area contributed by atoms with E-state index in [2.05, 4.69) is 18.9 Å². The Morgan fingerprint density at radius 1 is 1.30 bits per heavy atom. The van der Waals surface area contributed by atoms with Gasteiger partial charge in [0.2, 0.25) is 0 Å². The number of ketones is 1. The number of carbonyl (C=O) groups excluding carboxylic acids is 1. The van der Waals surface area contributed by atoms with E-state index in [0.29, 0.717) is 12.5 Å². The number of nitrogens with two attached hydrogens (primary N) is 1. The van der Waals surface area contributed by atoms with Gasteiger partial charge in [-0.3, -0.25) is 9.48 Å². The third-order valence-corrected chi connectivity index (χ3v) is 4.63. The summed E-state index contributed by atoms with van der Waals surface area (Å²) in [5.41, 5.74) is 5.85. The van der Waals surface area contributed by atoms with Crippen molar-refractivity contribution in [2.24, 2.45) is 11.1 Å². The molecule has 0 bridgehead atoms. The first-order chi connectivity index (χ1) is 9.13. The van der Waals surface area contributed by atoms with Crippen molar-refractivity contribution in [2.75, 3.05) is 0 Å². The number of hydrogen-bond acceptors (Lipinski definition) is 3. The van der Waals surface area contributed by atoms with Gasteiger partial charge in [0.25, 0.3) is 0 Å². The van der Waals surface area contributed by atoms with Gasteiger partial charge in [0, 0.05) is 17.2 Å². The highest BCUT2D eigenvalue weighted by atomic mass is 16.1. The smallest absolute Gasteiger partial charge is 0.146 e. The standard InChI is InChI=1S/C16H29N3O/c1-7-13(8-2)19-10-9-12(18-19)11-14(20)15(3,4)16(5,6)17/h9-10,13H,7-8,11,17H2,1-6H3. The fourth-order valence-electron chi connectivity index (χ4n) is 2.08. The van der Waals surface area contributed by atoms with Gasteiger partial charge in [0.15, 0.2) is 0 Å². The Morgan fingerprint density at radius 2 is 1.85 bits per heavy atom. The van der Waals surface area contributed by atoms with Gasteiger partial charge in [-0.05, 0) is 32.8 Å². The highest BCUT2D eigenvalue weighted by Crippen LogP contribution is 2.30. The molecule has 0 radical (unpaired) electrons. The topological polar surface area (TPSA) is 60.9 Å². The summed E-state index contributed by atoms with van der Waals surface area (Å²) in [4.78, 5) is 12.5. The predicted molar refractivity (Wildman–Crippen MR) is 82.6 cm³/mol. The van der Waals surface area contributed by atoms with E-state index < -0.39 is 11.0 Å². The second kappa shape index (κ2) is 6.08. The minimum absolute atomic E-state index is 0.139. The van der Waals surface area contributed by atoms with Crippen LogP contribution in [0.25, 0.3) is 0 Å². The third kappa shape index (κ3) is 3.48. The average molecular weight is 279 g/mol. The number of rotatable bonds is 7. The Kier molecular flexibility index (Phi) is 5.14. The van der Waals surface area contributed by atoms with E-state index in [-0.39, 0.29) is 5.78 Å². The van der Waals surface area contributed by atoms with Crippen LogP contribution in [-0.4, -0.2) is 21.1 Å². The van der Waals surface area contributed by atoms with Crippen LogP contribution in [0.4, 0.5) is 0 Å². The van der Waals surface area contributed by atoms with Crippen LogP contribution in [0.2, 0.25) is 0 Å². The molecule has 0 aliphatic rings. The van der Waals surface area contributed by atoms with Crippen molar-refractivity contribution >= 4 is 5.78 Å². The molecule has 0 fully saturated rings. The lowest BCUT2D eigenvalue weighted by atomic mass is 9.71. The average Bonchev–Trinajstić information content (AvgIpc) is 2.77. The summed E-state index contributed by atoms with van der Waals surface area (Å²) in [6, 6.07) is 2.35. The maximum Gasteiger partial charge on any atom is 0.146 e. The van der Waals surface area contributed by atoms with Gasteiger partial charge < -0.3 is 5.73 Å². The minimum Gasteiger partial charge on any atom is -0.325 e. The third-order valence-electron chi connectivity index (χ3n) is 4.63. The number of carbonyl (C=O) groups is 1. The highest BCUT2D eigenvalue weighted by molar-refractivity contribution is 5.87. The van der Waals surface area contributed by atoms with Gasteiger partial charge in [0.1, 0.15) is 5.78 Å². The Labute approximate surface area is 122 Å². The Morgan fingerprint density at radius 3 is 2.30 bits per heavy atom. The Bertz CT molecular complexity index is 451. The first-order valence-corrected chi connectivity index (χ1v) is 7.49. The number of hydrogen-bond donors (Lipinski definition) is 1. The van der Waals surface area contributed by atoms with Crippen LogP contribution >= 0.6 is 0 Å². The van der Waals surface area contributed by atoms with Crippen LogP contribution < -0.4 is 5.73 Å². The van der Waals surface area contributed by atoms with Gasteiger partial charge in [-0.15, -0.1) is 0 Å². The quantitative estimate of drug-likeness (QED) is 0.834. The van der Waals surface area contributed by atoms with Crippen molar-refractivity contribution in [1.29, 1.82) is 0 Å². The fraction of sp³-hybridized carbons (Fsp3) is 0.750. The number of nitrogens with zero attached hydrogens (tertiary/aromatic N) is 2. The zero-order chi connectivity index (χ0) is 15.6. The monoisotopic (exact) mass is 279 g/mol. The first kappa shape index (κ1) is 16.9. The normalized spacial score (nSPS) is 13.0. The molecule has 4 nitrogen and oxygen atoms in total. The van der Waals surface area contributed by atoms with E-state index in [4.69, 9.17) is 5.73 Å². The summed E-state index contributed by atoms with van der Waals surface area (Å²) in [6.45, 7) is 11.9. The van der Waals surface area contributed by atoms with E-state index in [0.717, 1.165) is 18.5 Å². The highest BCUT2D eigenvalue weighted by Gasteiger charge is 2.39. The lowest BCUT2D eigenvalue weighted by Gasteiger charge is -2.36. The molecule has 20 heavy (non-hydrogen) atoms. The molecule has 0 atom stereocenters. The molecule has 0 amide bonds. The molecule has 114 valence electrons. The van der Waals surface area contributed by atoms with Crippen molar-refractivity contribution < 1.29 is 4.79 Å². The predicted octanol–water partition coefficient (Wildman–Crippen LogP) is 3.12. The van der Waals surface area contributed by atoms with E-state index >= 15 is 0 Å². The van der Waals surface area contributed by atoms with Crippen LogP contribution in [0.3, 0.4) is 0 Å². The molecule has 0 aliphatic heterocycles. The molecular formula is C16H29N3O. The second-order valence-electron chi connectivity index (χ2n) is 6.70. The van der Waals surface area contributed by atoms with Gasteiger partial charge >= 0.3 is 0 Å². The molecule has 1 aromatic heterocycles. The number of aromatic nitrogens is 2. The number of Topliss-reactive ketones (excluding diaryl/α,β-unsaturated/α-hetero) is 1. The molecule has 0 saturated carbocycles.